The Labute approximate surface area is 161 Å². The number of aromatic nitrogens is 2. The monoisotopic (exact) mass is 407 g/mol. The maximum Gasteiger partial charge on any atom is 0.404 e. The summed E-state index contributed by atoms with van der Waals surface area (Å²) in [6, 6.07) is 5.31. The number of carbonyl (C=O) groups is 1. The molecule has 132 valence electrons. The Bertz CT molecular complexity index is 673. The van der Waals surface area contributed by atoms with Gasteiger partial charge in [0.25, 0.3) is 0 Å². The molecule has 0 radical (unpaired) electrons. The molecule has 0 saturated carbocycles. The van der Waals surface area contributed by atoms with Crippen LogP contribution in [0.15, 0.2) is 28.1 Å². The van der Waals surface area contributed by atoms with Gasteiger partial charge in [-0.1, -0.05) is 48.8 Å². The number of thiol groups is 1. The van der Waals surface area contributed by atoms with Crippen molar-refractivity contribution in [1.82, 2.24) is 9.97 Å². The summed E-state index contributed by atoms with van der Waals surface area (Å²) < 4.78 is 4.76. The van der Waals surface area contributed by atoms with Crippen molar-refractivity contribution in [2.75, 3.05) is 6.26 Å². The Hall–Kier alpha value is -1.02. The molecule has 0 fully saturated rings. The van der Waals surface area contributed by atoms with Gasteiger partial charge in [-0.05, 0) is 30.4 Å². The number of carbonyl (C=O) groups excluding carboxylic acids is 1. The highest BCUT2D eigenvalue weighted by Crippen LogP contribution is 2.35. The number of aromatic amines is 1. The number of primary amides is 1. The molecule has 1 heterocycles. The van der Waals surface area contributed by atoms with Crippen molar-refractivity contribution < 1.29 is 9.53 Å². The van der Waals surface area contributed by atoms with Gasteiger partial charge in [-0.15, -0.1) is 0 Å². The molecule has 2 aromatic rings. The van der Waals surface area contributed by atoms with Crippen LogP contribution in [0.4, 0.5) is 4.79 Å². The molecule has 24 heavy (non-hydrogen) atoms. The fourth-order valence-electron chi connectivity index (χ4n) is 1.80. The smallest absolute Gasteiger partial charge is 0.404 e. The van der Waals surface area contributed by atoms with Crippen LogP contribution in [0.2, 0.25) is 10.0 Å². The van der Waals surface area contributed by atoms with Crippen molar-refractivity contribution in [1.29, 1.82) is 0 Å². The zero-order valence-corrected chi connectivity index (χ0v) is 16.7. The van der Waals surface area contributed by atoms with E-state index < -0.39 is 6.09 Å². The summed E-state index contributed by atoms with van der Waals surface area (Å²) in [6.45, 7) is 4.09. The highest BCUT2D eigenvalue weighted by Gasteiger charge is 2.16. The lowest BCUT2D eigenvalue weighted by molar-refractivity contribution is 0.147. The number of amides is 1. The fraction of sp³-hybridized carbons (Fsp3) is 0.333. The third kappa shape index (κ3) is 6.47. The van der Waals surface area contributed by atoms with E-state index in [1.54, 1.807) is 12.3 Å². The Balaban J connectivity index is 0.00000139. The van der Waals surface area contributed by atoms with Crippen LogP contribution in [0, 0.1) is 0 Å². The van der Waals surface area contributed by atoms with Gasteiger partial charge in [0, 0.05) is 14.9 Å². The molecule has 0 saturated heterocycles. The van der Waals surface area contributed by atoms with Crippen LogP contribution >= 0.6 is 47.6 Å². The summed E-state index contributed by atoms with van der Waals surface area (Å²) in [5.41, 5.74) is 5.91. The third-order valence-electron chi connectivity index (χ3n) is 2.72. The van der Waals surface area contributed by atoms with E-state index in [9.17, 15) is 4.79 Å². The predicted molar refractivity (Wildman–Crippen MR) is 103 cm³/mol. The molecule has 1 aromatic carbocycles. The first-order valence-corrected chi connectivity index (χ1v) is 9.41. The number of ether oxygens (including phenoxy) is 1. The summed E-state index contributed by atoms with van der Waals surface area (Å²) in [7, 11) is 0. The molecular formula is C15H19Cl2N3O2S2. The molecular weight excluding hydrogens is 389 g/mol. The van der Waals surface area contributed by atoms with Gasteiger partial charge in [-0.3, -0.25) is 0 Å². The van der Waals surface area contributed by atoms with E-state index >= 15 is 0 Å². The summed E-state index contributed by atoms with van der Waals surface area (Å²) in [4.78, 5) is 19.2. The van der Waals surface area contributed by atoms with Gasteiger partial charge in [0.05, 0.1) is 5.69 Å². The maximum atomic E-state index is 10.7. The van der Waals surface area contributed by atoms with Crippen LogP contribution in [-0.4, -0.2) is 22.3 Å². The van der Waals surface area contributed by atoms with Gasteiger partial charge in [-0.2, -0.15) is 12.6 Å². The number of rotatable bonds is 5. The number of hydrogen-bond acceptors (Lipinski definition) is 5. The number of benzene rings is 1. The van der Waals surface area contributed by atoms with Gasteiger partial charge in [0.1, 0.15) is 10.9 Å². The van der Waals surface area contributed by atoms with Crippen LogP contribution in [0.5, 0.6) is 0 Å². The van der Waals surface area contributed by atoms with Gasteiger partial charge in [0.2, 0.25) is 0 Å². The largest absolute Gasteiger partial charge is 0.442 e. The normalized spacial score (nSPS) is 10.3. The first-order chi connectivity index (χ1) is 11.3. The fourth-order valence-corrected chi connectivity index (χ4v) is 3.60. The second-order valence-corrected chi connectivity index (χ2v) is 6.81. The molecule has 1 amide bonds. The second kappa shape index (κ2) is 10.1. The van der Waals surface area contributed by atoms with Crippen LogP contribution in [-0.2, 0) is 11.3 Å². The van der Waals surface area contributed by atoms with Crippen molar-refractivity contribution in [3.05, 3.63) is 39.8 Å². The molecule has 0 aliphatic rings. The van der Waals surface area contributed by atoms with Crippen LogP contribution in [0.1, 0.15) is 31.3 Å². The number of nitrogens with two attached hydrogens (primary N) is 1. The minimum atomic E-state index is -0.835. The number of hydrogen-bond donors (Lipinski definition) is 3. The first-order valence-electron chi connectivity index (χ1n) is 6.95. The molecule has 0 aliphatic heterocycles. The Morgan fingerprint density at radius 2 is 1.92 bits per heavy atom. The number of imidazole rings is 1. The highest BCUT2D eigenvalue weighted by atomic mass is 35.5. The van der Waals surface area contributed by atoms with E-state index in [2.05, 4.69) is 22.6 Å². The maximum absolute atomic E-state index is 10.7. The SMILES string of the molecule is CC(C)c1[nH]c(COC(N)=O)nc1Sc1cc(Cl)cc(Cl)c1.CS. The Morgan fingerprint density at radius 3 is 2.42 bits per heavy atom. The summed E-state index contributed by atoms with van der Waals surface area (Å²) in [5, 5.41) is 1.92. The molecule has 3 N–H and O–H groups in total. The van der Waals surface area contributed by atoms with Gasteiger partial charge < -0.3 is 15.5 Å². The Kier molecular flexibility index (Phi) is 8.83. The molecule has 0 bridgehead atoms. The van der Waals surface area contributed by atoms with Crippen LogP contribution < -0.4 is 5.73 Å². The van der Waals surface area contributed by atoms with Crippen LogP contribution in [0.25, 0.3) is 0 Å². The van der Waals surface area contributed by atoms with Gasteiger partial charge >= 0.3 is 6.09 Å². The second-order valence-electron chi connectivity index (χ2n) is 4.87. The summed E-state index contributed by atoms with van der Waals surface area (Å²) in [5.74, 6) is 0.769. The van der Waals surface area contributed by atoms with Crippen molar-refractivity contribution in [2.45, 2.75) is 36.3 Å². The average Bonchev–Trinajstić information content (AvgIpc) is 2.89. The minimum absolute atomic E-state index is 0.00587. The molecule has 1 aromatic heterocycles. The third-order valence-corrected chi connectivity index (χ3v) is 4.14. The molecule has 2 rings (SSSR count). The molecule has 5 nitrogen and oxygen atoms in total. The van der Waals surface area contributed by atoms with E-state index in [1.807, 2.05) is 26.0 Å². The Morgan fingerprint density at radius 1 is 1.33 bits per heavy atom. The van der Waals surface area contributed by atoms with Crippen molar-refractivity contribution in [3.8, 4) is 0 Å². The molecule has 0 aliphatic carbocycles. The molecule has 0 unspecified atom stereocenters. The lowest BCUT2D eigenvalue weighted by atomic mass is 10.2. The van der Waals surface area contributed by atoms with Gasteiger partial charge in [0.15, 0.2) is 6.61 Å². The average molecular weight is 408 g/mol. The van der Waals surface area contributed by atoms with Crippen LogP contribution in [0.3, 0.4) is 0 Å². The number of halogens is 2. The molecule has 0 atom stereocenters. The van der Waals surface area contributed by atoms with E-state index in [4.69, 9.17) is 33.7 Å². The zero-order valence-electron chi connectivity index (χ0n) is 13.5. The molecule has 0 spiro atoms. The zero-order chi connectivity index (χ0) is 18.3. The number of H-pyrrole nitrogens is 1. The standard InChI is InChI=1S/C14H15Cl2N3O2S.CH4S/c1-7(2)12-13(19-11(18-12)6-21-14(17)20)22-10-4-8(15)3-9(16)5-10;1-2/h3-5,7H,6H2,1-2H3,(H2,17,20)(H,18,19);2H,1H3. The van der Waals surface area contributed by atoms with E-state index in [-0.39, 0.29) is 12.5 Å². The minimum Gasteiger partial charge on any atom is -0.442 e. The van der Waals surface area contributed by atoms with Gasteiger partial charge in [-0.25, -0.2) is 9.78 Å². The van der Waals surface area contributed by atoms with Crippen molar-refractivity contribution >= 4 is 53.7 Å². The van der Waals surface area contributed by atoms with E-state index in [0.717, 1.165) is 15.6 Å². The lowest BCUT2D eigenvalue weighted by Crippen LogP contribution is -2.13. The highest BCUT2D eigenvalue weighted by molar-refractivity contribution is 7.99. The number of nitrogens with one attached hydrogen (secondary N) is 1. The van der Waals surface area contributed by atoms with E-state index in [0.29, 0.717) is 15.9 Å². The van der Waals surface area contributed by atoms with Crippen molar-refractivity contribution in [2.24, 2.45) is 5.73 Å². The molecule has 9 heteroatoms. The quantitative estimate of drug-likeness (QED) is 0.599. The topological polar surface area (TPSA) is 81.0 Å². The number of nitrogens with zero attached hydrogens (tertiary/aromatic N) is 1. The lowest BCUT2D eigenvalue weighted by Gasteiger charge is -2.06. The summed E-state index contributed by atoms with van der Waals surface area (Å²) in [6.07, 6.45) is 0.860. The van der Waals surface area contributed by atoms with Crippen molar-refractivity contribution in [3.63, 3.8) is 0 Å². The predicted octanol–water partition coefficient (Wildman–Crippen LogP) is 5.13. The summed E-state index contributed by atoms with van der Waals surface area (Å²) >= 11 is 17.0. The van der Waals surface area contributed by atoms with E-state index in [1.165, 1.54) is 11.8 Å². The first kappa shape index (κ1) is 21.0.